The van der Waals surface area contributed by atoms with Crippen molar-refractivity contribution in [1.82, 2.24) is 10.0 Å². The molecule has 1 rings (SSSR count). The Morgan fingerprint density at radius 2 is 1.95 bits per heavy atom. The Morgan fingerprint density at radius 3 is 2.60 bits per heavy atom. The van der Waals surface area contributed by atoms with Crippen molar-refractivity contribution in [1.29, 1.82) is 0 Å². The number of aliphatic hydroxyl groups excluding tert-OH is 1. The van der Waals surface area contributed by atoms with Gasteiger partial charge in [-0.2, -0.15) is 0 Å². The molecule has 1 fully saturated rings. The molecule has 1 amide bonds. The molecule has 0 bridgehead atoms. The van der Waals surface area contributed by atoms with Crippen LogP contribution in [-0.2, 0) is 14.8 Å². The summed E-state index contributed by atoms with van der Waals surface area (Å²) in [5.41, 5.74) is 0. The standard InChI is InChI=1S/C13H26N2O4S/c1-3-9-20(18,19)15-10(2)13(17)14-11-7-5-4-6-8-12(11)16/h10-12,15-16H,3-9H2,1-2H3,(H,14,17). The van der Waals surface area contributed by atoms with Gasteiger partial charge in [-0.3, -0.25) is 4.79 Å². The van der Waals surface area contributed by atoms with Crippen molar-refractivity contribution in [3.8, 4) is 0 Å². The van der Waals surface area contributed by atoms with E-state index < -0.39 is 22.2 Å². The maximum absolute atomic E-state index is 12.0. The van der Waals surface area contributed by atoms with Crippen molar-refractivity contribution in [3.05, 3.63) is 0 Å². The molecule has 0 aromatic rings. The molecule has 0 saturated heterocycles. The molecule has 3 N–H and O–H groups in total. The molecule has 3 unspecified atom stereocenters. The molecule has 118 valence electrons. The summed E-state index contributed by atoms with van der Waals surface area (Å²) in [6, 6.07) is -1.09. The van der Waals surface area contributed by atoms with Crippen molar-refractivity contribution in [3.63, 3.8) is 0 Å². The Morgan fingerprint density at radius 1 is 1.30 bits per heavy atom. The number of amides is 1. The van der Waals surface area contributed by atoms with E-state index in [1.165, 1.54) is 6.92 Å². The smallest absolute Gasteiger partial charge is 0.238 e. The number of sulfonamides is 1. The molecular formula is C13H26N2O4S. The number of carbonyl (C=O) groups is 1. The SMILES string of the molecule is CCCS(=O)(=O)NC(C)C(=O)NC1CCCCCC1O. The van der Waals surface area contributed by atoms with Gasteiger partial charge >= 0.3 is 0 Å². The lowest BCUT2D eigenvalue weighted by molar-refractivity contribution is -0.124. The molecule has 1 saturated carbocycles. The van der Waals surface area contributed by atoms with Gasteiger partial charge in [0.25, 0.3) is 0 Å². The number of hydrogen-bond donors (Lipinski definition) is 3. The maximum atomic E-state index is 12.0. The predicted octanol–water partition coefficient (Wildman–Crippen LogP) is 0.514. The summed E-state index contributed by atoms with van der Waals surface area (Å²) in [7, 11) is -3.41. The van der Waals surface area contributed by atoms with Crippen molar-refractivity contribution < 1.29 is 18.3 Å². The highest BCUT2D eigenvalue weighted by atomic mass is 32.2. The Hall–Kier alpha value is -0.660. The minimum absolute atomic E-state index is 0.0106. The zero-order chi connectivity index (χ0) is 15.2. The third-order valence-electron chi connectivity index (χ3n) is 3.53. The largest absolute Gasteiger partial charge is 0.391 e. The molecule has 1 aliphatic carbocycles. The van der Waals surface area contributed by atoms with Gasteiger partial charge in [0.2, 0.25) is 15.9 Å². The van der Waals surface area contributed by atoms with Gasteiger partial charge in [0, 0.05) is 0 Å². The van der Waals surface area contributed by atoms with Gasteiger partial charge < -0.3 is 10.4 Å². The van der Waals surface area contributed by atoms with E-state index in [1.807, 2.05) is 0 Å². The molecule has 7 heteroatoms. The number of nitrogens with one attached hydrogen (secondary N) is 2. The molecule has 20 heavy (non-hydrogen) atoms. The lowest BCUT2D eigenvalue weighted by Gasteiger charge is -2.24. The Bertz CT molecular complexity index is 411. The van der Waals surface area contributed by atoms with Gasteiger partial charge in [-0.1, -0.05) is 26.2 Å². The first kappa shape index (κ1) is 17.4. The molecule has 0 aromatic heterocycles. The second-order valence-electron chi connectivity index (χ2n) is 5.48. The average Bonchev–Trinajstić information content (AvgIpc) is 2.54. The lowest BCUT2D eigenvalue weighted by atomic mass is 10.1. The number of hydrogen-bond acceptors (Lipinski definition) is 4. The molecule has 0 aromatic carbocycles. The molecule has 1 aliphatic rings. The van der Waals surface area contributed by atoms with Crippen molar-refractivity contribution >= 4 is 15.9 Å². The second-order valence-corrected chi connectivity index (χ2v) is 7.35. The summed E-state index contributed by atoms with van der Waals surface area (Å²) in [6.45, 7) is 3.29. The molecule has 0 aliphatic heterocycles. The highest BCUT2D eigenvalue weighted by Gasteiger charge is 2.26. The average molecular weight is 306 g/mol. The van der Waals surface area contributed by atoms with Crippen molar-refractivity contribution in [2.45, 2.75) is 70.6 Å². The zero-order valence-corrected chi connectivity index (χ0v) is 13.1. The van der Waals surface area contributed by atoms with Crippen LogP contribution in [0.25, 0.3) is 0 Å². The van der Waals surface area contributed by atoms with E-state index in [0.29, 0.717) is 12.8 Å². The predicted molar refractivity (Wildman–Crippen MR) is 77.7 cm³/mol. The van der Waals surface area contributed by atoms with E-state index in [-0.39, 0.29) is 17.7 Å². The van der Waals surface area contributed by atoms with E-state index in [9.17, 15) is 18.3 Å². The number of rotatable bonds is 6. The molecule has 0 radical (unpaired) electrons. The monoisotopic (exact) mass is 306 g/mol. The van der Waals surface area contributed by atoms with Gasteiger partial charge in [0.15, 0.2) is 0 Å². The number of carbonyl (C=O) groups excluding carboxylic acids is 1. The summed E-state index contributed by atoms with van der Waals surface area (Å²) >= 11 is 0. The van der Waals surface area contributed by atoms with Gasteiger partial charge in [-0.15, -0.1) is 0 Å². The first-order valence-corrected chi connectivity index (χ1v) is 8.99. The van der Waals surface area contributed by atoms with E-state index in [2.05, 4.69) is 10.0 Å². The van der Waals surface area contributed by atoms with Gasteiger partial charge in [-0.05, 0) is 26.2 Å². The maximum Gasteiger partial charge on any atom is 0.238 e. The van der Waals surface area contributed by atoms with Crippen molar-refractivity contribution in [2.75, 3.05) is 5.75 Å². The van der Waals surface area contributed by atoms with Crippen LogP contribution in [0.5, 0.6) is 0 Å². The van der Waals surface area contributed by atoms with Crippen LogP contribution in [0.3, 0.4) is 0 Å². The zero-order valence-electron chi connectivity index (χ0n) is 12.3. The molecular weight excluding hydrogens is 280 g/mol. The third kappa shape index (κ3) is 5.76. The fraction of sp³-hybridized carbons (Fsp3) is 0.923. The van der Waals surface area contributed by atoms with Crippen LogP contribution in [0.15, 0.2) is 0 Å². The summed E-state index contributed by atoms with van der Waals surface area (Å²) in [6.07, 6.45) is 4.38. The van der Waals surface area contributed by atoms with Crippen LogP contribution in [0.2, 0.25) is 0 Å². The molecule has 6 nitrogen and oxygen atoms in total. The van der Waals surface area contributed by atoms with Crippen LogP contribution < -0.4 is 10.0 Å². The van der Waals surface area contributed by atoms with E-state index in [4.69, 9.17) is 0 Å². The minimum Gasteiger partial charge on any atom is -0.391 e. The molecule has 3 atom stereocenters. The van der Waals surface area contributed by atoms with E-state index in [0.717, 1.165) is 25.7 Å². The van der Waals surface area contributed by atoms with Crippen LogP contribution in [0.4, 0.5) is 0 Å². The normalized spacial score (nSPS) is 25.8. The number of aliphatic hydroxyl groups is 1. The van der Waals surface area contributed by atoms with Gasteiger partial charge in [-0.25, -0.2) is 13.1 Å². The van der Waals surface area contributed by atoms with Gasteiger partial charge in [0.05, 0.1) is 23.9 Å². The Labute approximate surface area is 121 Å². The van der Waals surface area contributed by atoms with Crippen LogP contribution >= 0.6 is 0 Å². The minimum atomic E-state index is -3.41. The van der Waals surface area contributed by atoms with Crippen LogP contribution in [-0.4, -0.2) is 43.4 Å². The van der Waals surface area contributed by atoms with Crippen LogP contribution in [0.1, 0.15) is 52.4 Å². The first-order chi connectivity index (χ1) is 9.35. The van der Waals surface area contributed by atoms with E-state index in [1.54, 1.807) is 6.92 Å². The third-order valence-corrected chi connectivity index (χ3v) is 5.19. The quantitative estimate of drug-likeness (QED) is 0.623. The molecule has 0 heterocycles. The molecule has 0 spiro atoms. The van der Waals surface area contributed by atoms with E-state index >= 15 is 0 Å². The Kier molecular flexibility index (Phi) is 6.91. The fourth-order valence-corrected chi connectivity index (χ4v) is 3.72. The summed E-state index contributed by atoms with van der Waals surface area (Å²) in [5.74, 6) is -0.368. The van der Waals surface area contributed by atoms with Crippen LogP contribution in [0, 0.1) is 0 Å². The van der Waals surface area contributed by atoms with Crippen molar-refractivity contribution in [2.24, 2.45) is 0 Å². The highest BCUT2D eigenvalue weighted by molar-refractivity contribution is 7.89. The summed E-state index contributed by atoms with van der Waals surface area (Å²) in [4.78, 5) is 12.0. The fourth-order valence-electron chi connectivity index (χ4n) is 2.41. The first-order valence-electron chi connectivity index (χ1n) is 7.34. The highest BCUT2D eigenvalue weighted by Crippen LogP contribution is 2.18. The summed E-state index contributed by atoms with van der Waals surface area (Å²) < 4.78 is 25.6. The second kappa shape index (κ2) is 7.95. The topological polar surface area (TPSA) is 95.5 Å². The Balaban J connectivity index is 2.52. The van der Waals surface area contributed by atoms with Gasteiger partial charge in [0.1, 0.15) is 0 Å². The lowest BCUT2D eigenvalue weighted by Crippen LogP contribution is -2.51. The summed E-state index contributed by atoms with van der Waals surface area (Å²) in [5, 5.41) is 12.7.